The summed E-state index contributed by atoms with van der Waals surface area (Å²) in [6.07, 6.45) is 4.31. The highest BCUT2D eigenvalue weighted by molar-refractivity contribution is 6.05. The van der Waals surface area contributed by atoms with Crippen LogP contribution in [0.3, 0.4) is 0 Å². The molecule has 1 aliphatic rings. The normalized spacial score (nSPS) is 13.9. The van der Waals surface area contributed by atoms with Gasteiger partial charge in [-0.3, -0.25) is 19.6 Å². The van der Waals surface area contributed by atoms with Crippen molar-refractivity contribution in [1.29, 1.82) is 5.26 Å². The summed E-state index contributed by atoms with van der Waals surface area (Å²) in [6.45, 7) is 4.47. The summed E-state index contributed by atoms with van der Waals surface area (Å²) in [6, 6.07) is 14.2. The van der Waals surface area contributed by atoms with E-state index in [9.17, 15) is 9.59 Å². The van der Waals surface area contributed by atoms with Crippen LogP contribution in [0, 0.1) is 25.2 Å². The first-order valence-electron chi connectivity index (χ1n) is 11.1. The summed E-state index contributed by atoms with van der Waals surface area (Å²) in [4.78, 5) is 35.6. The molecular formula is C26H24FN5O2. The number of rotatable bonds is 4. The smallest absolute Gasteiger partial charge is 0.287 e. The van der Waals surface area contributed by atoms with Gasteiger partial charge in [0.1, 0.15) is 5.69 Å². The molecule has 3 heterocycles. The average molecular weight is 458 g/mol. The number of nitriles is 1. The van der Waals surface area contributed by atoms with E-state index in [1.807, 2.05) is 24.3 Å². The molecule has 1 fully saturated rings. The lowest BCUT2D eigenvalue weighted by atomic mass is 9.89. The summed E-state index contributed by atoms with van der Waals surface area (Å²) in [5, 5.41) is 8.98. The van der Waals surface area contributed by atoms with Gasteiger partial charge in [0.2, 0.25) is 0 Å². The highest BCUT2D eigenvalue weighted by atomic mass is 19.2. The van der Waals surface area contributed by atoms with E-state index in [0.717, 1.165) is 24.1 Å². The Labute approximate surface area is 197 Å². The van der Waals surface area contributed by atoms with Crippen LogP contribution in [0.15, 0.2) is 54.9 Å². The van der Waals surface area contributed by atoms with Gasteiger partial charge in [0.05, 0.1) is 28.5 Å². The third-order valence-corrected chi connectivity index (χ3v) is 6.15. The number of pyridine rings is 2. The molecule has 172 valence electrons. The van der Waals surface area contributed by atoms with Gasteiger partial charge in [0.25, 0.3) is 11.8 Å². The summed E-state index contributed by atoms with van der Waals surface area (Å²) in [7, 11) is 0. The number of amides is 2. The molecule has 2 aromatic heterocycles. The molecule has 0 aliphatic carbocycles. The van der Waals surface area contributed by atoms with E-state index >= 15 is 4.48 Å². The molecule has 1 saturated heterocycles. The lowest BCUT2D eigenvalue weighted by Crippen LogP contribution is -2.38. The quantitative estimate of drug-likeness (QED) is 0.538. The first-order valence-corrected chi connectivity index (χ1v) is 11.1. The van der Waals surface area contributed by atoms with Crippen molar-refractivity contribution in [3.05, 3.63) is 88.5 Å². The van der Waals surface area contributed by atoms with Crippen LogP contribution in [-0.4, -0.2) is 39.8 Å². The molecule has 2 amide bonds. The molecule has 0 radical (unpaired) electrons. The number of aromatic nitrogens is 2. The Morgan fingerprint density at radius 2 is 1.71 bits per heavy atom. The van der Waals surface area contributed by atoms with Crippen LogP contribution in [0.5, 0.6) is 0 Å². The molecule has 0 atom stereocenters. The number of hydrogen-bond donors (Lipinski definition) is 0. The van der Waals surface area contributed by atoms with Crippen LogP contribution in [0.4, 0.5) is 10.2 Å². The SMILES string of the molecule is Cc1ccc(C(=O)N(F)c2cc(C(=O)N3CCC(c4ccc(C#N)cc4)CC3)cnc2C)cn1. The molecular weight excluding hydrogens is 433 g/mol. The van der Waals surface area contributed by atoms with Crippen molar-refractivity contribution in [2.24, 2.45) is 0 Å². The van der Waals surface area contributed by atoms with E-state index in [1.165, 1.54) is 24.5 Å². The number of anilines is 1. The van der Waals surface area contributed by atoms with Crippen LogP contribution in [-0.2, 0) is 0 Å². The second-order valence-corrected chi connectivity index (χ2v) is 8.40. The Kier molecular flexibility index (Phi) is 6.64. The predicted molar refractivity (Wildman–Crippen MR) is 125 cm³/mol. The van der Waals surface area contributed by atoms with E-state index in [4.69, 9.17) is 5.26 Å². The first-order chi connectivity index (χ1) is 16.4. The second kappa shape index (κ2) is 9.79. The highest BCUT2D eigenvalue weighted by Crippen LogP contribution is 2.30. The molecule has 0 spiro atoms. The number of piperidine rings is 1. The first kappa shape index (κ1) is 23.1. The predicted octanol–water partition coefficient (Wildman–Crippen LogP) is 4.52. The van der Waals surface area contributed by atoms with Crippen molar-refractivity contribution < 1.29 is 14.1 Å². The fourth-order valence-electron chi connectivity index (χ4n) is 4.08. The van der Waals surface area contributed by atoms with Crippen LogP contribution < -0.4 is 5.12 Å². The Balaban J connectivity index is 1.46. The molecule has 3 aromatic rings. The van der Waals surface area contributed by atoms with E-state index < -0.39 is 5.91 Å². The largest absolute Gasteiger partial charge is 0.339 e. The van der Waals surface area contributed by atoms with Crippen molar-refractivity contribution in [1.82, 2.24) is 14.9 Å². The second-order valence-electron chi connectivity index (χ2n) is 8.40. The van der Waals surface area contributed by atoms with Gasteiger partial charge in [-0.2, -0.15) is 5.26 Å². The lowest BCUT2D eigenvalue weighted by Gasteiger charge is -2.32. The van der Waals surface area contributed by atoms with E-state index in [1.54, 1.807) is 24.8 Å². The van der Waals surface area contributed by atoms with Gasteiger partial charge in [-0.05, 0) is 68.5 Å². The van der Waals surface area contributed by atoms with Crippen molar-refractivity contribution in [2.45, 2.75) is 32.6 Å². The fourth-order valence-corrected chi connectivity index (χ4v) is 4.08. The number of aryl methyl sites for hydroxylation is 2. The van der Waals surface area contributed by atoms with E-state index in [-0.39, 0.29) is 27.8 Å². The summed E-state index contributed by atoms with van der Waals surface area (Å²) in [5.41, 5.74) is 3.07. The van der Waals surface area contributed by atoms with Gasteiger partial charge < -0.3 is 4.90 Å². The van der Waals surface area contributed by atoms with Gasteiger partial charge in [-0.25, -0.2) is 0 Å². The van der Waals surface area contributed by atoms with Crippen molar-refractivity contribution >= 4 is 17.5 Å². The number of hydrogen-bond acceptors (Lipinski definition) is 5. The highest BCUT2D eigenvalue weighted by Gasteiger charge is 2.27. The molecule has 8 heteroatoms. The number of benzene rings is 1. The Morgan fingerprint density at radius 3 is 2.32 bits per heavy atom. The van der Waals surface area contributed by atoms with E-state index in [0.29, 0.717) is 30.3 Å². The van der Waals surface area contributed by atoms with Crippen LogP contribution in [0.2, 0.25) is 0 Å². The minimum atomic E-state index is -0.870. The Bertz CT molecular complexity index is 1240. The molecule has 7 nitrogen and oxygen atoms in total. The zero-order chi connectivity index (χ0) is 24.2. The molecule has 0 bridgehead atoms. The third kappa shape index (κ3) is 4.79. The maximum absolute atomic E-state index is 15.0. The number of likely N-dealkylation sites (tertiary alicyclic amines) is 1. The van der Waals surface area contributed by atoms with Crippen molar-refractivity contribution in [3.8, 4) is 6.07 Å². The lowest BCUT2D eigenvalue weighted by molar-refractivity contribution is 0.0712. The molecule has 34 heavy (non-hydrogen) atoms. The van der Waals surface area contributed by atoms with Gasteiger partial charge in [0.15, 0.2) is 0 Å². The fraction of sp³-hybridized carbons (Fsp3) is 0.269. The number of carbonyl (C=O) groups excluding carboxylic acids is 2. The zero-order valence-corrected chi connectivity index (χ0v) is 19.0. The zero-order valence-electron chi connectivity index (χ0n) is 19.0. The minimum absolute atomic E-state index is 0.0165. The maximum Gasteiger partial charge on any atom is 0.287 e. The maximum atomic E-state index is 15.0. The number of carbonyl (C=O) groups is 2. The van der Waals surface area contributed by atoms with Crippen LogP contribution >= 0.6 is 0 Å². The summed E-state index contributed by atoms with van der Waals surface area (Å²) >= 11 is 0. The van der Waals surface area contributed by atoms with Crippen LogP contribution in [0.1, 0.15) is 62.0 Å². The Hall–Kier alpha value is -4.12. The summed E-state index contributed by atoms with van der Waals surface area (Å²) in [5.74, 6) is -0.805. The molecule has 0 unspecified atom stereocenters. The molecule has 0 N–H and O–H groups in total. The molecule has 1 aliphatic heterocycles. The monoisotopic (exact) mass is 457 g/mol. The van der Waals surface area contributed by atoms with Gasteiger partial charge in [-0.1, -0.05) is 16.6 Å². The Morgan fingerprint density at radius 1 is 1.03 bits per heavy atom. The van der Waals surface area contributed by atoms with Gasteiger partial charge >= 0.3 is 0 Å². The van der Waals surface area contributed by atoms with Gasteiger partial charge in [-0.15, -0.1) is 5.12 Å². The van der Waals surface area contributed by atoms with Crippen molar-refractivity contribution in [2.75, 3.05) is 18.2 Å². The molecule has 0 saturated carbocycles. The van der Waals surface area contributed by atoms with Crippen molar-refractivity contribution in [3.63, 3.8) is 0 Å². The number of halogens is 1. The van der Waals surface area contributed by atoms with E-state index in [2.05, 4.69) is 16.0 Å². The van der Waals surface area contributed by atoms with Gasteiger partial charge in [0, 0.05) is 31.2 Å². The average Bonchev–Trinajstić information content (AvgIpc) is 2.88. The van der Waals surface area contributed by atoms with Crippen LogP contribution in [0.25, 0.3) is 0 Å². The topological polar surface area (TPSA) is 90.2 Å². The number of nitrogens with zero attached hydrogens (tertiary/aromatic N) is 5. The summed E-state index contributed by atoms with van der Waals surface area (Å²) < 4.78 is 15.0. The third-order valence-electron chi connectivity index (χ3n) is 6.15. The molecule has 4 rings (SSSR count). The standard InChI is InChI=1S/C26H24FN5O2/c1-17-3-6-22(15-29-17)26(34)32(27)24-13-23(16-30-18(24)2)25(33)31-11-9-21(10-12-31)20-7-4-19(14-28)5-8-20/h3-8,13,15-16,21H,9-12H2,1-2H3. The minimum Gasteiger partial charge on any atom is -0.339 e. The molecule has 1 aromatic carbocycles.